The maximum Gasteiger partial charge on any atom is 0.268 e. The van der Waals surface area contributed by atoms with Crippen LogP contribution in [0.3, 0.4) is 0 Å². The minimum absolute atomic E-state index is 0.0613. The molecule has 4 nitrogen and oxygen atoms in total. The van der Waals surface area contributed by atoms with E-state index in [-0.39, 0.29) is 5.91 Å². The molecule has 0 aliphatic heterocycles. The summed E-state index contributed by atoms with van der Waals surface area (Å²) in [5, 5.41) is 2.99. The number of aryl methyl sites for hydroxylation is 1. The topological polar surface area (TPSA) is 47.2 Å². The van der Waals surface area contributed by atoms with Crippen molar-refractivity contribution in [2.24, 2.45) is 0 Å². The SMILES string of the molecule is CCc1c(C)c(C(=O)NCc2ccco2)n(Cc2ccc(C)cc2)c1C. The molecule has 0 atom stereocenters. The van der Waals surface area contributed by atoms with Crippen molar-refractivity contribution in [2.75, 3.05) is 0 Å². The summed E-state index contributed by atoms with van der Waals surface area (Å²) in [4.78, 5) is 12.9. The lowest BCUT2D eigenvalue weighted by molar-refractivity contribution is 0.0938. The average Bonchev–Trinajstić information content (AvgIpc) is 3.22. The van der Waals surface area contributed by atoms with Crippen LogP contribution in [0.15, 0.2) is 47.1 Å². The van der Waals surface area contributed by atoms with E-state index in [2.05, 4.69) is 54.9 Å². The Hall–Kier alpha value is -2.75. The second kappa shape index (κ2) is 7.65. The highest BCUT2D eigenvalue weighted by Crippen LogP contribution is 2.24. The first-order valence-electron chi connectivity index (χ1n) is 9.06. The predicted molar refractivity (Wildman–Crippen MR) is 103 cm³/mol. The van der Waals surface area contributed by atoms with Gasteiger partial charge in [0.2, 0.25) is 0 Å². The number of benzene rings is 1. The van der Waals surface area contributed by atoms with E-state index in [1.165, 1.54) is 16.7 Å². The van der Waals surface area contributed by atoms with E-state index in [0.29, 0.717) is 13.1 Å². The van der Waals surface area contributed by atoms with Crippen molar-refractivity contribution in [3.63, 3.8) is 0 Å². The Morgan fingerprint density at radius 3 is 2.46 bits per heavy atom. The summed E-state index contributed by atoms with van der Waals surface area (Å²) in [6.07, 6.45) is 2.53. The van der Waals surface area contributed by atoms with Gasteiger partial charge in [-0.25, -0.2) is 0 Å². The van der Waals surface area contributed by atoms with E-state index in [4.69, 9.17) is 4.42 Å². The van der Waals surface area contributed by atoms with Gasteiger partial charge in [-0.1, -0.05) is 36.8 Å². The number of nitrogens with one attached hydrogen (secondary N) is 1. The lowest BCUT2D eigenvalue weighted by atomic mass is 10.1. The molecule has 26 heavy (non-hydrogen) atoms. The number of hydrogen-bond acceptors (Lipinski definition) is 2. The van der Waals surface area contributed by atoms with Crippen LogP contribution in [-0.2, 0) is 19.5 Å². The highest BCUT2D eigenvalue weighted by Gasteiger charge is 2.22. The van der Waals surface area contributed by atoms with E-state index in [0.717, 1.165) is 29.1 Å². The highest BCUT2D eigenvalue weighted by molar-refractivity contribution is 5.95. The van der Waals surface area contributed by atoms with Crippen molar-refractivity contribution < 1.29 is 9.21 Å². The maximum atomic E-state index is 12.9. The summed E-state index contributed by atoms with van der Waals surface area (Å²) < 4.78 is 7.45. The lowest BCUT2D eigenvalue weighted by Gasteiger charge is -2.13. The van der Waals surface area contributed by atoms with Crippen molar-refractivity contribution in [3.05, 3.63) is 82.1 Å². The van der Waals surface area contributed by atoms with Crippen LogP contribution >= 0.6 is 0 Å². The van der Waals surface area contributed by atoms with Crippen molar-refractivity contribution >= 4 is 5.91 Å². The minimum atomic E-state index is -0.0613. The standard InChI is InChI=1S/C22H26N2O2/c1-5-20-16(3)21(22(25)23-13-19-7-6-12-26-19)24(17(20)4)14-18-10-8-15(2)9-11-18/h6-12H,5,13-14H2,1-4H3,(H,23,25). The van der Waals surface area contributed by atoms with Crippen LogP contribution in [0.5, 0.6) is 0 Å². The number of amides is 1. The predicted octanol–water partition coefficient (Wildman–Crippen LogP) is 4.55. The van der Waals surface area contributed by atoms with Crippen molar-refractivity contribution in [3.8, 4) is 0 Å². The van der Waals surface area contributed by atoms with Gasteiger partial charge < -0.3 is 14.3 Å². The second-order valence-corrected chi connectivity index (χ2v) is 6.72. The Kier molecular flexibility index (Phi) is 5.31. The third-order valence-corrected chi connectivity index (χ3v) is 4.95. The van der Waals surface area contributed by atoms with E-state index < -0.39 is 0 Å². The zero-order valence-corrected chi connectivity index (χ0v) is 15.9. The van der Waals surface area contributed by atoms with Gasteiger partial charge in [0.25, 0.3) is 5.91 Å². The van der Waals surface area contributed by atoms with Gasteiger partial charge >= 0.3 is 0 Å². The van der Waals surface area contributed by atoms with E-state index in [9.17, 15) is 4.79 Å². The maximum absolute atomic E-state index is 12.9. The molecule has 2 aromatic heterocycles. The number of rotatable bonds is 6. The Morgan fingerprint density at radius 2 is 1.85 bits per heavy atom. The average molecular weight is 350 g/mol. The number of carbonyl (C=O) groups excluding carboxylic acids is 1. The van der Waals surface area contributed by atoms with Crippen molar-refractivity contribution in [2.45, 2.75) is 47.2 Å². The fourth-order valence-corrected chi connectivity index (χ4v) is 3.50. The smallest absolute Gasteiger partial charge is 0.268 e. The first kappa shape index (κ1) is 18.1. The molecule has 0 aliphatic rings. The Morgan fingerprint density at radius 1 is 1.12 bits per heavy atom. The van der Waals surface area contributed by atoms with Crippen LogP contribution in [0.1, 0.15) is 51.1 Å². The fourth-order valence-electron chi connectivity index (χ4n) is 3.50. The van der Waals surface area contributed by atoms with Crippen LogP contribution in [0.2, 0.25) is 0 Å². The second-order valence-electron chi connectivity index (χ2n) is 6.72. The fraction of sp³-hybridized carbons (Fsp3) is 0.318. The summed E-state index contributed by atoms with van der Waals surface area (Å²) in [6.45, 7) is 9.44. The molecule has 1 N–H and O–H groups in total. The molecule has 0 saturated carbocycles. The lowest BCUT2D eigenvalue weighted by Crippen LogP contribution is -2.26. The van der Waals surface area contributed by atoms with Crippen LogP contribution < -0.4 is 5.32 Å². The van der Waals surface area contributed by atoms with Crippen LogP contribution in [-0.4, -0.2) is 10.5 Å². The molecule has 0 saturated heterocycles. The number of nitrogens with zero attached hydrogens (tertiary/aromatic N) is 1. The first-order chi connectivity index (χ1) is 12.5. The molecule has 3 rings (SSSR count). The minimum Gasteiger partial charge on any atom is -0.467 e. The van der Waals surface area contributed by atoms with Gasteiger partial charge in [0.1, 0.15) is 11.5 Å². The number of aromatic nitrogens is 1. The van der Waals surface area contributed by atoms with Gasteiger partial charge in [0.15, 0.2) is 0 Å². The van der Waals surface area contributed by atoms with E-state index in [1.54, 1.807) is 6.26 Å². The van der Waals surface area contributed by atoms with Crippen LogP contribution in [0.4, 0.5) is 0 Å². The number of furan rings is 1. The quantitative estimate of drug-likeness (QED) is 0.709. The zero-order chi connectivity index (χ0) is 18.7. The summed E-state index contributed by atoms with van der Waals surface area (Å²) >= 11 is 0. The summed E-state index contributed by atoms with van der Waals surface area (Å²) in [5.41, 5.74) is 6.64. The van der Waals surface area contributed by atoms with Crippen molar-refractivity contribution in [1.29, 1.82) is 0 Å². The Labute approximate surface area is 154 Å². The van der Waals surface area contributed by atoms with E-state index >= 15 is 0 Å². The van der Waals surface area contributed by atoms with Crippen LogP contribution in [0, 0.1) is 20.8 Å². The molecule has 0 radical (unpaired) electrons. The summed E-state index contributed by atoms with van der Waals surface area (Å²) in [7, 11) is 0. The van der Waals surface area contributed by atoms with Gasteiger partial charge in [-0.05, 0) is 56.0 Å². The van der Waals surface area contributed by atoms with Gasteiger partial charge in [0, 0.05) is 12.2 Å². The molecule has 0 spiro atoms. The normalized spacial score (nSPS) is 10.9. The third kappa shape index (κ3) is 3.59. The van der Waals surface area contributed by atoms with Gasteiger partial charge in [0.05, 0.1) is 12.8 Å². The van der Waals surface area contributed by atoms with Crippen molar-refractivity contribution in [1.82, 2.24) is 9.88 Å². The molecular formula is C22H26N2O2. The molecule has 136 valence electrons. The van der Waals surface area contributed by atoms with E-state index in [1.807, 2.05) is 19.1 Å². The highest BCUT2D eigenvalue weighted by atomic mass is 16.3. The molecule has 1 amide bonds. The van der Waals surface area contributed by atoms with Crippen LogP contribution in [0.25, 0.3) is 0 Å². The molecular weight excluding hydrogens is 324 g/mol. The molecule has 0 unspecified atom stereocenters. The largest absolute Gasteiger partial charge is 0.467 e. The molecule has 1 aromatic carbocycles. The molecule has 3 aromatic rings. The number of carbonyl (C=O) groups is 1. The summed E-state index contributed by atoms with van der Waals surface area (Å²) in [5.74, 6) is 0.689. The molecule has 0 fully saturated rings. The first-order valence-corrected chi connectivity index (χ1v) is 9.06. The monoisotopic (exact) mass is 350 g/mol. The Balaban J connectivity index is 1.91. The molecule has 4 heteroatoms. The van der Waals surface area contributed by atoms with Gasteiger partial charge in [-0.2, -0.15) is 0 Å². The molecule has 0 aliphatic carbocycles. The third-order valence-electron chi connectivity index (χ3n) is 4.95. The van der Waals surface area contributed by atoms with Gasteiger partial charge in [-0.15, -0.1) is 0 Å². The van der Waals surface area contributed by atoms with Gasteiger partial charge in [-0.3, -0.25) is 4.79 Å². The summed E-state index contributed by atoms with van der Waals surface area (Å²) in [6, 6.07) is 12.2. The molecule has 2 heterocycles. The zero-order valence-electron chi connectivity index (χ0n) is 15.9. The number of hydrogen-bond donors (Lipinski definition) is 1. The molecule has 0 bridgehead atoms. The Bertz CT molecular complexity index is 887.